The summed E-state index contributed by atoms with van der Waals surface area (Å²) in [7, 11) is -0.302. The highest BCUT2D eigenvalue weighted by atomic mass is 79.9. The standard InChI is InChI=1S/C36H46.C22H25Br.C20H33BO2/c1-33(2,3)26-15-13-23-17-24-14-16-27(34(4,5)6)22-31(24)32(30(23)21-26)25-18-28(35(7,8)9)20-29(19-25)36(10,11)12;1-21(2,3)16-9-7-14-11-15-8-10-17(22(4,5)6)13-19(15)20(23)18(14)12-16;1-17(2,3)14-11-15(18(4,5)6)13-16(12-14)21-22-19(7,8)20(9,10)23-21/h13-22H,1-12H3;7-13H,1-6H3;11-13H,1-10H3. The molecule has 4 heteroatoms. The Bertz CT molecular complexity index is 3440. The van der Waals surface area contributed by atoms with E-state index in [1.807, 2.05) is 0 Å². The smallest absolute Gasteiger partial charge is 0.399 e. The number of halogens is 1. The molecule has 0 aromatic heterocycles. The van der Waals surface area contributed by atoms with Crippen LogP contribution in [0.3, 0.4) is 0 Å². The third kappa shape index (κ3) is 14.3. The third-order valence-corrected chi connectivity index (χ3v) is 18.3. The first-order valence-electron chi connectivity index (χ1n) is 30.4. The van der Waals surface area contributed by atoms with Crippen LogP contribution in [0.5, 0.6) is 0 Å². The lowest BCUT2D eigenvalue weighted by atomic mass is 9.71. The summed E-state index contributed by atoms with van der Waals surface area (Å²) in [5.41, 5.74) is 15.0. The van der Waals surface area contributed by atoms with Crippen LogP contribution in [0.2, 0.25) is 0 Å². The van der Waals surface area contributed by atoms with Crippen LogP contribution in [0.15, 0.2) is 126 Å². The first kappa shape index (κ1) is 64.8. The normalized spacial score (nSPS) is 15.5. The van der Waals surface area contributed by atoms with Gasteiger partial charge in [0.1, 0.15) is 0 Å². The van der Waals surface area contributed by atoms with Crippen LogP contribution in [0.4, 0.5) is 0 Å². The Hall–Kier alpha value is -4.74. The first-order valence-corrected chi connectivity index (χ1v) is 31.2. The van der Waals surface area contributed by atoms with Gasteiger partial charge in [0.15, 0.2) is 0 Å². The molecular weight excluding hydrogens is 1060 g/mol. The lowest BCUT2D eigenvalue weighted by Gasteiger charge is -2.32. The highest BCUT2D eigenvalue weighted by Gasteiger charge is 2.52. The van der Waals surface area contributed by atoms with Gasteiger partial charge in [-0.25, -0.2) is 0 Å². The lowest BCUT2D eigenvalue weighted by molar-refractivity contribution is 0.00578. The molecule has 1 fully saturated rings. The van der Waals surface area contributed by atoms with Gasteiger partial charge in [-0.1, -0.05) is 251 Å². The van der Waals surface area contributed by atoms with Gasteiger partial charge < -0.3 is 9.31 Å². The van der Waals surface area contributed by atoms with E-state index in [1.54, 1.807) is 0 Å². The molecule has 0 unspecified atom stereocenters. The molecule has 438 valence electrons. The number of benzene rings is 8. The molecule has 2 nitrogen and oxygen atoms in total. The van der Waals surface area contributed by atoms with Gasteiger partial charge in [-0.3, -0.25) is 0 Å². The molecule has 1 aliphatic rings. The van der Waals surface area contributed by atoms with Crippen molar-refractivity contribution < 1.29 is 9.31 Å². The van der Waals surface area contributed by atoms with Crippen molar-refractivity contribution in [2.75, 3.05) is 0 Å². The predicted octanol–water partition coefficient (Wildman–Crippen LogP) is 22.8. The average Bonchev–Trinajstić information content (AvgIpc) is 3.55. The van der Waals surface area contributed by atoms with Crippen LogP contribution in [-0.2, 0) is 52.6 Å². The molecule has 1 aliphatic heterocycles. The molecule has 0 saturated carbocycles. The van der Waals surface area contributed by atoms with Crippen molar-refractivity contribution in [2.24, 2.45) is 0 Å². The van der Waals surface area contributed by atoms with Gasteiger partial charge >= 0.3 is 7.12 Å². The largest absolute Gasteiger partial charge is 0.494 e. The van der Waals surface area contributed by atoms with Crippen molar-refractivity contribution in [1.29, 1.82) is 0 Å². The minimum atomic E-state index is -0.308. The van der Waals surface area contributed by atoms with E-state index >= 15 is 0 Å². The van der Waals surface area contributed by atoms with E-state index in [0.29, 0.717) is 0 Å². The molecule has 1 saturated heterocycles. The van der Waals surface area contributed by atoms with Gasteiger partial charge in [-0.05, 0) is 228 Å². The fourth-order valence-electron chi connectivity index (χ4n) is 10.6. The molecule has 0 N–H and O–H groups in total. The molecule has 0 amide bonds. The zero-order chi connectivity index (χ0) is 61.7. The van der Waals surface area contributed by atoms with Crippen molar-refractivity contribution in [3.63, 3.8) is 0 Å². The maximum Gasteiger partial charge on any atom is 0.494 e. The fourth-order valence-corrected chi connectivity index (χ4v) is 11.3. The number of hydrogen-bond donors (Lipinski definition) is 0. The second kappa shape index (κ2) is 22.0. The summed E-state index contributed by atoms with van der Waals surface area (Å²) in [4.78, 5) is 0. The predicted molar refractivity (Wildman–Crippen MR) is 368 cm³/mol. The van der Waals surface area contributed by atoms with E-state index in [0.717, 1.165) is 5.46 Å². The summed E-state index contributed by atoms with van der Waals surface area (Å²) >= 11 is 3.88. The molecule has 0 atom stereocenters. The van der Waals surface area contributed by atoms with Gasteiger partial charge in [0.05, 0.1) is 11.2 Å². The summed E-state index contributed by atoms with van der Waals surface area (Å²) in [5, 5.41) is 10.5. The molecule has 0 spiro atoms. The molecule has 0 bridgehead atoms. The van der Waals surface area contributed by atoms with Gasteiger partial charge in [-0.15, -0.1) is 0 Å². The van der Waals surface area contributed by atoms with Crippen molar-refractivity contribution in [3.05, 3.63) is 170 Å². The second-order valence-electron chi connectivity index (χ2n) is 33.4. The fraction of sp³-hybridized carbons (Fsp3) is 0.487. The van der Waals surface area contributed by atoms with Crippen molar-refractivity contribution in [2.45, 2.75) is 248 Å². The number of rotatable bonds is 2. The average molecular weight is 1160 g/mol. The number of fused-ring (bicyclic) bond motifs is 4. The Kier molecular flexibility index (Phi) is 17.4. The molecule has 0 aliphatic carbocycles. The highest BCUT2D eigenvalue weighted by Crippen LogP contribution is 2.44. The Balaban J connectivity index is 0.000000185. The summed E-state index contributed by atoms with van der Waals surface area (Å²) < 4.78 is 13.7. The van der Waals surface area contributed by atoms with E-state index in [2.05, 4.69) is 331 Å². The Morgan fingerprint density at radius 2 is 0.537 bits per heavy atom. The molecule has 9 rings (SSSR count). The van der Waals surface area contributed by atoms with Crippen molar-refractivity contribution >= 4 is 71.6 Å². The minimum Gasteiger partial charge on any atom is -0.399 e. The van der Waals surface area contributed by atoms with Crippen molar-refractivity contribution in [1.82, 2.24) is 0 Å². The summed E-state index contributed by atoms with van der Waals surface area (Å²) in [5.74, 6) is 0. The molecule has 0 radical (unpaired) electrons. The van der Waals surface area contributed by atoms with Crippen LogP contribution >= 0.6 is 15.9 Å². The lowest BCUT2D eigenvalue weighted by Crippen LogP contribution is -2.41. The Morgan fingerprint density at radius 3 is 0.805 bits per heavy atom. The van der Waals surface area contributed by atoms with E-state index in [-0.39, 0.29) is 61.6 Å². The summed E-state index contributed by atoms with van der Waals surface area (Å²) in [6, 6.07) is 46.7. The van der Waals surface area contributed by atoms with Crippen LogP contribution < -0.4 is 5.46 Å². The van der Waals surface area contributed by atoms with Gasteiger partial charge in [0, 0.05) is 4.47 Å². The molecule has 8 aromatic rings. The van der Waals surface area contributed by atoms with Crippen LogP contribution in [-0.4, -0.2) is 18.3 Å². The molecule has 8 aromatic carbocycles. The zero-order valence-corrected chi connectivity index (χ0v) is 57.9. The molecular formula is C78H104BBrO2. The van der Waals surface area contributed by atoms with Crippen LogP contribution in [0.1, 0.15) is 238 Å². The van der Waals surface area contributed by atoms with Gasteiger partial charge in [-0.2, -0.15) is 0 Å². The van der Waals surface area contributed by atoms with E-state index in [9.17, 15) is 0 Å². The van der Waals surface area contributed by atoms with Gasteiger partial charge in [0.25, 0.3) is 0 Å². The van der Waals surface area contributed by atoms with Gasteiger partial charge in [0.2, 0.25) is 0 Å². The quantitative estimate of drug-likeness (QED) is 0.127. The maximum atomic E-state index is 6.26. The molecule has 1 heterocycles. The highest BCUT2D eigenvalue weighted by molar-refractivity contribution is 9.10. The van der Waals surface area contributed by atoms with Crippen molar-refractivity contribution in [3.8, 4) is 11.1 Å². The van der Waals surface area contributed by atoms with E-state index < -0.39 is 0 Å². The van der Waals surface area contributed by atoms with E-state index in [4.69, 9.17) is 9.31 Å². The second-order valence-corrected chi connectivity index (χ2v) is 34.2. The maximum absolute atomic E-state index is 6.26. The Labute approximate surface area is 507 Å². The topological polar surface area (TPSA) is 18.5 Å². The molecule has 82 heavy (non-hydrogen) atoms. The first-order chi connectivity index (χ1) is 37.1. The van der Waals surface area contributed by atoms with Crippen LogP contribution in [0.25, 0.3) is 54.2 Å². The zero-order valence-electron chi connectivity index (χ0n) is 56.3. The summed E-state index contributed by atoms with van der Waals surface area (Å²) in [6.07, 6.45) is 0. The minimum absolute atomic E-state index is 0.0730. The third-order valence-electron chi connectivity index (χ3n) is 17.5. The van der Waals surface area contributed by atoms with E-state index in [1.165, 1.54) is 103 Å². The van der Waals surface area contributed by atoms with Crippen LogP contribution in [0, 0.1) is 0 Å². The SMILES string of the molecule is CC(C)(C)c1cc(-c2c3cc(C(C)(C)C)ccc3cc3ccc(C(C)(C)C)cc23)cc(C(C)(C)C)c1.CC(C)(C)c1cc(B2OC(C)(C)C(C)(C)O2)cc(C(C)(C)C)c1.CC(C)(C)c1ccc2cc3ccc(C(C)(C)C)cc3c(Br)c2c1. The Morgan fingerprint density at radius 1 is 0.293 bits per heavy atom. The summed E-state index contributed by atoms with van der Waals surface area (Å²) in [6.45, 7) is 63.3. The number of hydrogen-bond acceptors (Lipinski definition) is 2. The monoisotopic (exact) mass is 1160 g/mol.